The van der Waals surface area contributed by atoms with E-state index in [4.69, 9.17) is 15.3 Å². The standard InChI is InChI=1S/C12H21N3O4S.ClH/c1-7(2)4-9(6-13)15-12(16)10-5-11(8(3)19-10)20(14,17)18;/h5,7,9H,4,6,13H2,1-3H3,(H,15,16)(H2,14,17,18);1H. The molecule has 9 heteroatoms. The number of nitrogens with one attached hydrogen (secondary N) is 1. The third-order valence-electron chi connectivity index (χ3n) is 2.78. The second kappa shape index (κ2) is 7.79. The molecule has 7 nitrogen and oxygen atoms in total. The van der Waals surface area contributed by atoms with Gasteiger partial charge in [-0.25, -0.2) is 13.6 Å². The van der Waals surface area contributed by atoms with Gasteiger partial charge in [0, 0.05) is 18.7 Å². The monoisotopic (exact) mass is 339 g/mol. The van der Waals surface area contributed by atoms with Crippen LogP contribution in [0.4, 0.5) is 0 Å². The van der Waals surface area contributed by atoms with Gasteiger partial charge in [0.15, 0.2) is 5.76 Å². The van der Waals surface area contributed by atoms with E-state index >= 15 is 0 Å². The van der Waals surface area contributed by atoms with Gasteiger partial charge in [0.05, 0.1) is 0 Å². The van der Waals surface area contributed by atoms with Gasteiger partial charge >= 0.3 is 0 Å². The number of nitrogens with two attached hydrogens (primary N) is 2. The van der Waals surface area contributed by atoms with Crippen molar-refractivity contribution in [3.8, 4) is 0 Å². The van der Waals surface area contributed by atoms with E-state index in [1.807, 2.05) is 13.8 Å². The van der Waals surface area contributed by atoms with E-state index in [0.29, 0.717) is 12.5 Å². The predicted molar refractivity (Wildman–Crippen MR) is 81.8 cm³/mol. The summed E-state index contributed by atoms with van der Waals surface area (Å²) in [5.41, 5.74) is 5.59. The number of carbonyl (C=O) groups is 1. The number of sulfonamides is 1. The quantitative estimate of drug-likeness (QED) is 0.704. The summed E-state index contributed by atoms with van der Waals surface area (Å²) in [6.45, 7) is 5.77. The van der Waals surface area contributed by atoms with Gasteiger partial charge in [-0.2, -0.15) is 0 Å². The predicted octanol–water partition coefficient (Wildman–Crippen LogP) is 0.760. The Kier molecular flexibility index (Phi) is 7.38. The van der Waals surface area contributed by atoms with Crippen molar-refractivity contribution in [2.75, 3.05) is 6.54 Å². The molecular weight excluding hydrogens is 318 g/mol. The first-order valence-corrected chi connectivity index (χ1v) is 7.84. The molecule has 0 aliphatic rings. The Balaban J connectivity index is 0.00000400. The number of halogens is 1. The average Bonchev–Trinajstić information content (AvgIpc) is 2.69. The van der Waals surface area contributed by atoms with Crippen molar-refractivity contribution in [1.82, 2.24) is 5.32 Å². The summed E-state index contributed by atoms with van der Waals surface area (Å²) in [4.78, 5) is 11.8. The Morgan fingerprint density at radius 3 is 2.38 bits per heavy atom. The molecule has 0 saturated heterocycles. The largest absolute Gasteiger partial charge is 0.455 e. The van der Waals surface area contributed by atoms with Crippen LogP contribution in [0.25, 0.3) is 0 Å². The van der Waals surface area contributed by atoms with Crippen molar-refractivity contribution in [3.63, 3.8) is 0 Å². The molecule has 0 spiro atoms. The van der Waals surface area contributed by atoms with Crippen molar-refractivity contribution in [3.05, 3.63) is 17.6 Å². The van der Waals surface area contributed by atoms with E-state index in [1.54, 1.807) is 0 Å². The van der Waals surface area contributed by atoms with E-state index < -0.39 is 15.9 Å². The van der Waals surface area contributed by atoms with Gasteiger partial charge in [-0.1, -0.05) is 13.8 Å². The van der Waals surface area contributed by atoms with Gasteiger partial charge in [-0.15, -0.1) is 12.4 Å². The molecule has 0 radical (unpaired) electrons. The van der Waals surface area contributed by atoms with E-state index in [9.17, 15) is 13.2 Å². The number of primary sulfonamides is 1. The molecule has 5 N–H and O–H groups in total. The highest BCUT2D eigenvalue weighted by Gasteiger charge is 2.22. The summed E-state index contributed by atoms with van der Waals surface area (Å²) in [6, 6.07) is 0.939. The van der Waals surface area contributed by atoms with Crippen LogP contribution in [0.15, 0.2) is 15.4 Å². The molecule has 0 bridgehead atoms. The van der Waals surface area contributed by atoms with Crippen LogP contribution >= 0.6 is 12.4 Å². The molecule has 21 heavy (non-hydrogen) atoms. The Morgan fingerprint density at radius 1 is 1.43 bits per heavy atom. The lowest BCUT2D eigenvalue weighted by atomic mass is 10.0. The lowest BCUT2D eigenvalue weighted by Crippen LogP contribution is -2.40. The van der Waals surface area contributed by atoms with Gasteiger partial charge in [-0.3, -0.25) is 4.79 Å². The fourth-order valence-electron chi connectivity index (χ4n) is 1.90. The Labute approximate surface area is 130 Å². The maximum absolute atomic E-state index is 12.0. The topological polar surface area (TPSA) is 128 Å². The number of amides is 1. The highest BCUT2D eigenvalue weighted by atomic mass is 35.5. The summed E-state index contributed by atoms with van der Waals surface area (Å²) in [7, 11) is -3.90. The first kappa shape index (κ1) is 19.9. The third-order valence-corrected chi connectivity index (χ3v) is 3.80. The normalized spacial score (nSPS) is 12.9. The zero-order valence-corrected chi connectivity index (χ0v) is 13.9. The summed E-state index contributed by atoms with van der Waals surface area (Å²) in [5, 5.41) is 7.74. The molecule has 1 aromatic heterocycles. The molecular formula is C12H22ClN3O4S. The van der Waals surface area contributed by atoms with E-state index in [-0.39, 0.29) is 34.9 Å². The van der Waals surface area contributed by atoms with Crippen molar-refractivity contribution in [1.29, 1.82) is 0 Å². The maximum atomic E-state index is 12.0. The number of furan rings is 1. The minimum absolute atomic E-state index is 0. The molecule has 0 aromatic carbocycles. The smallest absolute Gasteiger partial charge is 0.287 e. The average molecular weight is 340 g/mol. The molecule has 1 amide bonds. The highest BCUT2D eigenvalue weighted by Crippen LogP contribution is 2.18. The van der Waals surface area contributed by atoms with Gasteiger partial charge in [0.2, 0.25) is 10.0 Å². The molecule has 0 aliphatic carbocycles. The van der Waals surface area contributed by atoms with Crippen molar-refractivity contribution in [2.24, 2.45) is 16.8 Å². The third kappa shape index (κ3) is 5.66. The van der Waals surface area contributed by atoms with Gasteiger partial charge < -0.3 is 15.5 Å². The Morgan fingerprint density at radius 2 is 2.00 bits per heavy atom. The first-order valence-electron chi connectivity index (χ1n) is 6.29. The fraction of sp³-hybridized carbons (Fsp3) is 0.583. The summed E-state index contributed by atoms with van der Waals surface area (Å²) >= 11 is 0. The maximum Gasteiger partial charge on any atom is 0.287 e. The van der Waals surface area contributed by atoms with Crippen LogP contribution in [0.5, 0.6) is 0 Å². The molecule has 1 unspecified atom stereocenters. The van der Waals surface area contributed by atoms with Crippen LogP contribution in [0, 0.1) is 12.8 Å². The van der Waals surface area contributed by atoms with Gasteiger partial charge in [-0.05, 0) is 19.3 Å². The van der Waals surface area contributed by atoms with E-state index in [0.717, 1.165) is 12.5 Å². The van der Waals surface area contributed by atoms with Crippen molar-refractivity contribution < 1.29 is 17.6 Å². The number of hydrogen-bond acceptors (Lipinski definition) is 5. The van der Waals surface area contributed by atoms with Crippen LogP contribution in [0.1, 0.15) is 36.6 Å². The van der Waals surface area contributed by atoms with Crippen LogP contribution in [-0.2, 0) is 10.0 Å². The molecule has 0 saturated carbocycles. The summed E-state index contributed by atoms with van der Waals surface area (Å²) in [5.74, 6) is -0.124. The number of hydrogen-bond donors (Lipinski definition) is 3. The molecule has 0 aliphatic heterocycles. The zero-order chi connectivity index (χ0) is 15.5. The lowest BCUT2D eigenvalue weighted by Gasteiger charge is -2.17. The van der Waals surface area contributed by atoms with Crippen molar-refractivity contribution in [2.45, 2.75) is 38.1 Å². The minimum atomic E-state index is -3.90. The van der Waals surface area contributed by atoms with Gasteiger partial charge in [0.1, 0.15) is 10.7 Å². The van der Waals surface area contributed by atoms with Crippen LogP contribution < -0.4 is 16.2 Å². The van der Waals surface area contributed by atoms with Gasteiger partial charge in [0.25, 0.3) is 5.91 Å². The van der Waals surface area contributed by atoms with Crippen LogP contribution in [-0.4, -0.2) is 26.9 Å². The van der Waals surface area contributed by atoms with E-state index in [1.165, 1.54) is 6.92 Å². The second-order valence-electron chi connectivity index (χ2n) is 5.11. The molecule has 0 fully saturated rings. The first-order chi connectivity index (χ1) is 9.15. The molecule has 1 rings (SSSR count). The summed E-state index contributed by atoms with van der Waals surface area (Å²) in [6.07, 6.45) is 0.726. The molecule has 1 aromatic rings. The Hall–Kier alpha value is -1.09. The summed E-state index contributed by atoms with van der Waals surface area (Å²) < 4.78 is 27.7. The zero-order valence-electron chi connectivity index (χ0n) is 12.3. The van der Waals surface area contributed by atoms with Crippen LogP contribution in [0.3, 0.4) is 0 Å². The molecule has 122 valence electrons. The Bertz CT molecular complexity index is 583. The van der Waals surface area contributed by atoms with E-state index in [2.05, 4.69) is 5.32 Å². The number of rotatable bonds is 6. The lowest BCUT2D eigenvalue weighted by molar-refractivity contribution is 0.0904. The molecule has 1 atom stereocenters. The molecule has 1 heterocycles. The van der Waals surface area contributed by atoms with Crippen LogP contribution in [0.2, 0.25) is 0 Å². The highest BCUT2D eigenvalue weighted by molar-refractivity contribution is 7.89. The minimum Gasteiger partial charge on any atom is -0.455 e. The number of carbonyl (C=O) groups excluding carboxylic acids is 1. The number of aryl methyl sites for hydroxylation is 1. The SMILES string of the molecule is Cc1oc(C(=O)NC(CN)CC(C)C)cc1S(N)(=O)=O.Cl. The second-order valence-corrected chi connectivity index (χ2v) is 6.64. The fourth-order valence-corrected chi connectivity index (χ4v) is 2.61. The van der Waals surface area contributed by atoms with Crippen molar-refractivity contribution >= 4 is 28.3 Å².